The molecule has 168 valence electrons. The van der Waals surface area contributed by atoms with Gasteiger partial charge in [-0.05, 0) is 38.1 Å². The first-order valence-corrected chi connectivity index (χ1v) is 12.0. The third-order valence-corrected chi connectivity index (χ3v) is 7.13. The summed E-state index contributed by atoms with van der Waals surface area (Å²) in [6.45, 7) is 10.1. The molecule has 1 aromatic heterocycles. The van der Waals surface area contributed by atoms with Gasteiger partial charge in [-0.15, -0.1) is 5.10 Å². The fourth-order valence-corrected chi connectivity index (χ4v) is 5.17. The summed E-state index contributed by atoms with van der Waals surface area (Å²) in [5, 5.41) is 6.43. The number of aryl methyl sites for hydroxylation is 1. The summed E-state index contributed by atoms with van der Waals surface area (Å²) in [6.07, 6.45) is 0. The fraction of sp³-hybridized carbons (Fsp3) is 0.609. The zero-order valence-electron chi connectivity index (χ0n) is 18.9. The number of hydrogen-bond acceptors (Lipinski definition) is 7. The Morgan fingerprint density at radius 1 is 1.06 bits per heavy atom. The van der Waals surface area contributed by atoms with Crippen molar-refractivity contribution in [2.75, 3.05) is 73.0 Å². The fourth-order valence-electron chi connectivity index (χ4n) is 4.65. The van der Waals surface area contributed by atoms with Gasteiger partial charge in [0, 0.05) is 69.6 Å². The molecule has 0 unspecified atom stereocenters. The molecule has 4 rings (SSSR count). The van der Waals surface area contributed by atoms with Gasteiger partial charge in [-0.2, -0.15) is 0 Å². The van der Waals surface area contributed by atoms with Crippen LogP contribution >= 0.6 is 11.5 Å². The van der Waals surface area contributed by atoms with Crippen molar-refractivity contribution in [3.05, 3.63) is 46.5 Å². The van der Waals surface area contributed by atoms with Crippen molar-refractivity contribution in [1.82, 2.24) is 29.2 Å². The highest BCUT2D eigenvalue weighted by Gasteiger charge is 2.37. The molecule has 3 heterocycles. The largest absolute Gasteiger partial charge is 0.339 e. The Kier molecular flexibility index (Phi) is 7.32. The van der Waals surface area contributed by atoms with Gasteiger partial charge in [0.1, 0.15) is 0 Å². The normalized spacial score (nSPS) is 23.0. The molecule has 2 aliphatic rings. The van der Waals surface area contributed by atoms with E-state index in [9.17, 15) is 4.79 Å². The zero-order chi connectivity index (χ0) is 21.8. The molecular weight excluding hydrogens is 408 g/mol. The predicted octanol–water partition coefficient (Wildman–Crippen LogP) is 1.74. The maximum absolute atomic E-state index is 13.0. The first-order chi connectivity index (χ1) is 15.0. The maximum atomic E-state index is 13.0. The number of piperazine rings is 1. The standard InChI is InChI=1S/C23H34N6OS/c1-18-4-6-19(7-5-18)20-14-28(15-21(20)22-17-31-25-24-22)16-23(30)29-12-10-27(11-13-29)9-8-26(2)3/h4-7,17,20-21H,8-16H2,1-3H3/t20-,21+/m0/s1. The van der Waals surface area contributed by atoms with Crippen LogP contribution in [0.1, 0.15) is 28.7 Å². The number of rotatable bonds is 7. The van der Waals surface area contributed by atoms with Gasteiger partial charge in [0.2, 0.25) is 5.91 Å². The van der Waals surface area contributed by atoms with Crippen molar-refractivity contribution >= 4 is 17.4 Å². The first-order valence-electron chi connectivity index (χ1n) is 11.2. The van der Waals surface area contributed by atoms with Crippen molar-refractivity contribution in [2.24, 2.45) is 0 Å². The van der Waals surface area contributed by atoms with Crippen LogP contribution in [0.2, 0.25) is 0 Å². The van der Waals surface area contributed by atoms with Crippen LogP contribution < -0.4 is 0 Å². The summed E-state index contributed by atoms with van der Waals surface area (Å²) in [5.74, 6) is 0.893. The summed E-state index contributed by atoms with van der Waals surface area (Å²) >= 11 is 1.41. The van der Waals surface area contributed by atoms with Crippen LogP contribution in [0.5, 0.6) is 0 Å². The van der Waals surface area contributed by atoms with Crippen LogP contribution in [-0.2, 0) is 4.79 Å². The molecular formula is C23H34N6OS. The van der Waals surface area contributed by atoms with Gasteiger partial charge in [-0.3, -0.25) is 14.6 Å². The van der Waals surface area contributed by atoms with E-state index in [-0.39, 0.29) is 11.8 Å². The smallest absolute Gasteiger partial charge is 0.236 e. The van der Waals surface area contributed by atoms with Crippen LogP contribution in [0, 0.1) is 6.92 Å². The SMILES string of the molecule is Cc1ccc([C@@H]2CN(CC(=O)N3CCN(CCN(C)C)CC3)C[C@H]2c2csnn2)cc1. The van der Waals surface area contributed by atoms with Crippen LogP contribution in [0.25, 0.3) is 0 Å². The van der Waals surface area contributed by atoms with E-state index < -0.39 is 0 Å². The number of likely N-dealkylation sites (tertiary alicyclic amines) is 1. The van der Waals surface area contributed by atoms with Gasteiger partial charge in [-0.1, -0.05) is 34.3 Å². The minimum absolute atomic E-state index is 0.256. The molecule has 1 aromatic carbocycles. The molecule has 0 N–H and O–H groups in total. The summed E-state index contributed by atoms with van der Waals surface area (Å²) in [7, 11) is 4.21. The molecule has 7 nitrogen and oxygen atoms in total. The van der Waals surface area contributed by atoms with Crippen molar-refractivity contribution in [2.45, 2.75) is 18.8 Å². The molecule has 2 aliphatic heterocycles. The van der Waals surface area contributed by atoms with E-state index in [0.29, 0.717) is 12.5 Å². The Labute approximate surface area is 189 Å². The Hall–Kier alpha value is -1.87. The van der Waals surface area contributed by atoms with Gasteiger partial charge >= 0.3 is 0 Å². The second-order valence-electron chi connectivity index (χ2n) is 9.17. The summed E-state index contributed by atoms with van der Waals surface area (Å²) in [4.78, 5) is 22.1. The second kappa shape index (κ2) is 10.2. The van der Waals surface area contributed by atoms with Gasteiger partial charge in [-0.25, -0.2) is 0 Å². The lowest BCUT2D eigenvalue weighted by Crippen LogP contribution is -2.52. The van der Waals surface area contributed by atoms with E-state index in [2.05, 4.69) is 75.0 Å². The maximum Gasteiger partial charge on any atom is 0.236 e. The Morgan fingerprint density at radius 2 is 1.77 bits per heavy atom. The molecule has 0 aliphatic carbocycles. The number of aromatic nitrogens is 2. The predicted molar refractivity (Wildman–Crippen MR) is 125 cm³/mol. The summed E-state index contributed by atoms with van der Waals surface area (Å²) < 4.78 is 4.09. The second-order valence-corrected chi connectivity index (χ2v) is 9.78. The number of nitrogens with zero attached hydrogens (tertiary/aromatic N) is 6. The van der Waals surface area contributed by atoms with Crippen LogP contribution in [0.4, 0.5) is 0 Å². The lowest BCUT2D eigenvalue weighted by molar-refractivity contribution is -0.134. The number of amides is 1. The van der Waals surface area contributed by atoms with Gasteiger partial charge in [0.15, 0.2) is 0 Å². The third kappa shape index (κ3) is 5.68. The number of benzene rings is 1. The van der Waals surface area contributed by atoms with Crippen LogP contribution in [-0.4, -0.2) is 108 Å². The van der Waals surface area contributed by atoms with Crippen LogP contribution in [0.15, 0.2) is 29.6 Å². The van der Waals surface area contributed by atoms with E-state index in [1.807, 2.05) is 4.90 Å². The first kappa shape index (κ1) is 22.3. The quantitative estimate of drug-likeness (QED) is 0.651. The average molecular weight is 443 g/mol. The summed E-state index contributed by atoms with van der Waals surface area (Å²) in [5.41, 5.74) is 3.65. The van der Waals surface area contributed by atoms with Crippen molar-refractivity contribution in [3.8, 4) is 0 Å². The molecule has 8 heteroatoms. The van der Waals surface area contributed by atoms with Gasteiger partial charge in [0.25, 0.3) is 0 Å². The van der Waals surface area contributed by atoms with E-state index in [1.54, 1.807) is 0 Å². The Morgan fingerprint density at radius 3 is 2.42 bits per heavy atom. The molecule has 1 amide bonds. The van der Waals surface area contributed by atoms with E-state index >= 15 is 0 Å². The molecule has 0 saturated carbocycles. The van der Waals surface area contributed by atoms with E-state index in [1.165, 1.54) is 22.7 Å². The van der Waals surface area contributed by atoms with Crippen LogP contribution in [0.3, 0.4) is 0 Å². The van der Waals surface area contributed by atoms with E-state index in [4.69, 9.17) is 0 Å². The minimum Gasteiger partial charge on any atom is -0.339 e. The lowest BCUT2D eigenvalue weighted by Gasteiger charge is -2.36. The molecule has 2 atom stereocenters. The highest BCUT2D eigenvalue weighted by molar-refractivity contribution is 7.03. The van der Waals surface area contributed by atoms with E-state index in [0.717, 1.165) is 58.1 Å². The molecule has 0 radical (unpaired) electrons. The monoisotopic (exact) mass is 442 g/mol. The molecule has 31 heavy (non-hydrogen) atoms. The molecule has 0 spiro atoms. The molecule has 2 saturated heterocycles. The minimum atomic E-state index is 0.256. The number of carbonyl (C=O) groups is 1. The number of carbonyl (C=O) groups excluding carboxylic acids is 1. The Bertz CT molecular complexity index is 832. The summed E-state index contributed by atoms with van der Waals surface area (Å²) in [6, 6.07) is 8.81. The van der Waals surface area contributed by atoms with Gasteiger partial charge < -0.3 is 9.80 Å². The van der Waals surface area contributed by atoms with Gasteiger partial charge in [0.05, 0.1) is 12.2 Å². The lowest BCUT2D eigenvalue weighted by atomic mass is 9.87. The van der Waals surface area contributed by atoms with Crippen molar-refractivity contribution in [3.63, 3.8) is 0 Å². The van der Waals surface area contributed by atoms with Crippen molar-refractivity contribution in [1.29, 1.82) is 0 Å². The number of likely N-dealkylation sites (N-methyl/N-ethyl adjacent to an activating group) is 1. The highest BCUT2D eigenvalue weighted by atomic mass is 32.1. The van der Waals surface area contributed by atoms with Crippen molar-refractivity contribution < 1.29 is 4.79 Å². The zero-order valence-corrected chi connectivity index (χ0v) is 19.7. The highest BCUT2D eigenvalue weighted by Crippen LogP contribution is 2.39. The number of hydrogen-bond donors (Lipinski definition) is 0. The topological polar surface area (TPSA) is 55.8 Å². The third-order valence-electron chi connectivity index (χ3n) is 6.61. The Balaban J connectivity index is 1.35. The average Bonchev–Trinajstić information content (AvgIpc) is 3.43. The molecule has 0 bridgehead atoms. The molecule has 2 fully saturated rings. The molecule has 2 aromatic rings.